The van der Waals surface area contributed by atoms with E-state index >= 15 is 0 Å². The third kappa shape index (κ3) is 5.10. The quantitative estimate of drug-likeness (QED) is 0.729. The molecule has 0 aliphatic carbocycles. The number of hydrogen-bond acceptors (Lipinski definition) is 6. The Hall–Kier alpha value is -2.18. The fraction of sp³-hybridized carbons (Fsp3) is 0.583. The molecule has 3 heterocycles. The Kier molecular flexibility index (Phi) is 6.85. The van der Waals surface area contributed by atoms with Gasteiger partial charge in [-0.25, -0.2) is 9.97 Å². The smallest absolute Gasteiger partial charge is 0.134 e. The van der Waals surface area contributed by atoms with Gasteiger partial charge in [0.05, 0.1) is 12.6 Å². The summed E-state index contributed by atoms with van der Waals surface area (Å²) in [6, 6.07) is 10.9. The lowest BCUT2D eigenvalue weighted by molar-refractivity contribution is 0.134. The Morgan fingerprint density at radius 3 is 2.63 bits per heavy atom. The summed E-state index contributed by atoms with van der Waals surface area (Å²) in [6.45, 7) is 9.97. The number of aliphatic hydroxyl groups excluding tert-OH is 1. The van der Waals surface area contributed by atoms with Crippen molar-refractivity contribution in [1.29, 1.82) is 0 Å². The number of likely N-dealkylation sites (tertiary alicyclic amines) is 1. The molecule has 3 unspecified atom stereocenters. The fourth-order valence-electron chi connectivity index (χ4n) is 5.16. The van der Waals surface area contributed by atoms with Crippen LogP contribution in [0.5, 0.6) is 0 Å². The standard InChI is InChI=1S/C24H35N5O/c1-18-10-19(2)14-28(13-18)15-21-7-4-3-6-20(21)12-25-23-11-24(27-17-26-23)29-9-5-8-22(29)16-30/h3-4,6-7,11,17-19,22,30H,5,8-10,12-16H2,1-2H3,(H,25,26,27). The van der Waals surface area contributed by atoms with Crippen LogP contribution in [0, 0.1) is 11.8 Å². The van der Waals surface area contributed by atoms with Gasteiger partial charge in [0.15, 0.2) is 0 Å². The van der Waals surface area contributed by atoms with Crippen molar-refractivity contribution in [2.24, 2.45) is 11.8 Å². The van der Waals surface area contributed by atoms with Crippen molar-refractivity contribution in [3.63, 3.8) is 0 Å². The monoisotopic (exact) mass is 409 g/mol. The minimum Gasteiger partial charge on any atom is -0.394 e. The molecule has 0 amide bonds. The van der Waals surface area contributed by atoms with Gasteiger partial charge in [0.1, 0.15) is 18.0 Å². The molecule has 2 N–H and O–H groups in total. The van der Waals surface area contributed by atoms with E-state index in [1.807, 2.05) is 6.07 Å². The van der Waals surface area contributed by atoms with Crippen molar-refractivity contribution in [2.45, 2.75) is 52.2 Å². The summed E-state index contributed by atoms with van der Waals surface area (Å²) < 4.78 is 0. The lowest BCUT2D eigenvalue weighted by Gasteiger charge is -2.35. The predicted molar refractivity (Wildman–Crippen MR) is 121 cm³/mol. The first-order valence-corrected chi connectivity index (χ1v) is 11.3. The molecule has 2 aromatic rings. The van der Waals surface area contributed by atoms with Crippen LogP contribution in [-0.4, -0.2) is 52.3 Å². The van der Waals surface area contributed by atoms with Gasteiger partial charge in [0.25, 0.3) is 0 Å². The average molecular weight is 410 g/mol. The van der Waals surface area contributed by atoms with Gasteiger partial charge in [0, 0.05) is 38.8 Å². The molecule has 2 aliphatic heterocycles. The average Bonchev–Trinajstić information content (AvgIpc) is 3.22. The number of aliphatic hydroxyl groups is 1. The van der Waals surface area contributed by atoms with Crippen molar-refractivity contribution in [3.8, 4) is 0 Å². The van der Waals surface area contributed by atoms with Gasteiger partial charge in [-0.3, -0.25) is 4.90 Å². The maximum atomic E-state index is 9.61. The second-order valence-electron chi connectivity index (χ2n) is 9.20. The number of anilines is 2. The summed E-state index contributed by atoms with van der Waals surface area (Å²) in [5, 5.41) is 13.1. The second-order valence-corrected chi connectivity index (χ2v) is 9.20. The minimum absolute atomic E-state index is 0.169. The highest BCUT2D eigenvalue weighted by Crippen LogP contribution is 2.26. The number of hydrogen-bond donors (Lipinski definition) is 2. The highest BCUT2D eigenvalue weighted by Gasteiger charge is 2.25. The Morgan fingerprint density at radius 2 is 1.87 bits per heavy atom. The molecule has 4 rings (SSSR count). The third-order valence-corrected chi connectivity index (χ3v) is 6.45. The summed E-state index contributed by atoms with van der Waals surface area (Å²) in [5.74, 6) is 3.27. The maximum absolute atomic E-state index is 9.61. The van der Waals surface area contributed by atoms with Crippen LogP contribution in [0.2, 0.25) is 0 Å². The summed E-state index contributed by atoms with van der Waals surface area (Å²) in [4.78, 5) is 13.7. The molecule has 2 aliphatic rings. The van der Waals surface area contributed by atoms with Gasteiger partial charge >= 0.3 is 0 Å². The van der Waals surface area contributed by atoms with Gasteiger partial charge in [-0.15, -0.1) is 0 Å². The Bertz CT molecular complexity index is 819. The molecule has 0 saturated carbocycles. The Balaban J connectivity index is 1.41. The van der Waals surface area contributed by atoms with Crippen LogP contribution in [0.15, 0.2) is 36.7 Å². The van der Waals surface area contributed by atoms with E-state index < -0.39 is 0 Å². The minimum atomic E-state index is 0.169. The first-order valence-electron chi connectivity index (χ1n) is 11.3. The summed E-state index contributed by atoms with van der Waals surface area (Å²) in [5.41, 5.74) is 2.71. The van der Waals surface area contributed by atoms with Crippen LogP contribution in [0.25, 0.3) is 0 Å². The molecule has 6 heteroatoms. The fourth-order valence-corrected chi connectivity index (χ4v) is 5.16. The van der Waals surface area contributed by atoms with E-state index in [1.54, 1.807) is 6.33 Å². The molecule has 1 aromatic heterocycles. The van der Waals surface area contributed by atoms with Crippen molar-refractivity contribution in [3.05, 3.63) is 47.8 Å². The van der Waals surface area contributed by atoms with Crippen LogP contribution in [-0.2, 0) is 13.1 Å². The van der Waals surface area contributed by atoms with E-state index in [-0.39, 0.29) is 12.6 Å². The first-order chi connectivity index (χ1) is 14.6. The van der Waals surface area contributed by atoms with E-state index in [0.29, 0.717) is 0 Å². The number of nitrogens with zero attached hydrogens (tertiary/aromatic N) is 4. The number of rotatable bonds is 7. The summed E-state index contributed by atoms with van der Waals surface area (Å²) >= 11 is 0. The molecule has 0 bridgehead atoms. The molecule has 30 heavy (non-hydrogen) atoms. The zero-order valence-corrected chi connectivity index (χ0v) is 18.3. The zero-order valence-electron chi connectivity index (χ0n) is 18.3. The Labute approximate surface area is 180 Å². The van der Waals surface area contributed by atoms with Crippen LogP contribution in [0.3, 0.4) is 0 Å². The van der Waals surface area contributed by atoms with Crippen LogP contribution >= 0.6 is 0 Å². The second kappa shape index (κ2) is 9.75. The molecule has 1 aromatic carbocycles. The predicted octanol–water partition coefficient (Wildman–Crippen LogP) is 3.53. The van der Waals surface area contributed by atoms with Gasteiger partial charge < -0.3 is 15.3 Å². The van der Waals surface area contributed by atoms with Crippen LogP contribution in [0.4, 0.5) is 11.6 Å². The van der Waals surface area contributed by atoms with Crippen molar-refractivity contribution in [2.75, 3.05) is 36.5 Å². The van der Waals surface area contributed by atoms with Gasteiger partial charge in [-0.05, 0) is 42.2 Å². The molecule has 3 atom stereocenters. The van der Waals surface area contributed by atoms with Crippen molar-refractivity contribution < 1.29 is 5.11 Å². The molecular formula is C24H35N5O. The molecule has 6 nitrogen and oxygen atoms in total. The first kappa shape index (κ1) is 21.1. The Morgan fingerprint density at radius 1 is 1.10 bits per heavy atom. The number of piperidine rings is 1. The highest BCUT2D eigenvalue weighted by atomic mass is 16.3. The molecule has 0 radical (unpaired) electrons. The SMILES string of the molecule is CC1CC(C)CN(Cc2ccccc2CNc2cc(N3CCCC3CO)ncn2)C1. The van der Waals surface area contributed by atoms with E-state index in [0.717, 1.165) is 55.9 Å². The summed E-state index contributed by atoms with van der Waals surface area (Å²) in [6.07, 6.45) is 5.07. The molecule has 2 saturated heterocycles. The van der Waals surface area contributed by atoms with Crippen LogP contribution in [0.1, 0.15) is 44.2 Å². The largest absolute Gasteiger partial charge is 0.394 e. The van der Waals surface area contributed by atoms with Gasteiger partial charge in [0.2, 0.25) is 0 Å². The number of aromatic nitrogens is 2. The number of benzene rings is 1. The van der Waals surface area contributed by atoms with Crippen molar-refractivity contribution in [1.82, 2.24) is 14.9 Å². The van der Waals surface area contributed by atoms with E-state index in [1.165, 1.54) is 30.6 Å². The summed E-state index contributed by atoms with van der Waals surface area (Å²) in [7, 11) is 0. The topological polar surface area (TPSA) is 64.5 Å². The van der Waals surface area contributed by atoms with E-state index in [2.05, 4.69) is 63.2 Å². The molecule has 0 spiro atoms. The lowest BCUT2D eigenvalue weighted by Crippen LogP contribution is -2.38. The lowest BCUT2D eigenvalue weighted by atomic mass is 9.91. The van der Waals surface area contributed by atoms with Crippen LogP contribution < -0.4 is 10.2 Å². The zero-order chi connectivity index (χ0) is 20.9. The number of nitrogens with one attached hydrogen (secondary N) is 1. The molecule has 2 fully saturated rings. The molecule has 162 valence electrons. The maximum Gasteiger partial charge on any atom is 0.134 e. The highest BCUT2D eigenvalue weighted by molar-refractivity contribution is 5.50. The van der Waals surface area contributed by atoms with Gasteiger partial charge in [-0.2, -0.15) is 0 Å². The van der Waals surface area contributed by atoms with Crippen molar-refractivity contribution >= 4 is 11.6 Å². The third-order valence-electron chi connectivity index (χ3n) is 6.45. The van der Waals surface area contributed by atoms with E-state index in [4.69, 9.17) is 0 Å². The normalized spacial score (nSPS) is 24.9. The van der Waals surface area contributed by atoms with Gasteiger partial charge in [-0.1, -0.05) is 38.1 Å². The molecular weight excluding hydrogens is 374 g/mol. The van der Waals surface area contributed by atoms with E-state index in [9.17, 15) is 5.11 Å².